The number of rotatable bonds is 6. The molecular weight excluding hydrogens is 448 g/mol. The molecule has 158 valence electrons. The van der Waals surface area contributed by atoms with Crippen LogP contribution in [0.5, 0.6) is 5.75 Å². The van der Waals surface area contributed by atoms with Crippen LogP contribution in [-0.2, 0) is 16.0 Å². The van der Waals surface area contributed by atoms with E-state index in [1.165, 1.54) is 4.90 Å². The van der Waals surface area contributed by atoms with Crippen molar-refractivity contribution in [3.8, 4) is 11.4 Å². The summed E-state index contributed by atoms with van der Waals surface area (Å²) >= 11 is 3.61. The number of quaternary nitrogens is 1. The van der Waals surface area contributed by atoms with Crippen LogP contribution >= 0.6 is 15.9 Å². The molecule has 0 amide bonds. The molecule has 1 saturated heterocycles. The average Bonchev–Trinajstić information content (AvgIpc) is 3.07. The van der Waals surface area contributed by atoms with Gasteiger partial charge in [0.25, 0.3) is 0 Å². The number of hydrogen-bond donors (Lipinski definition) is 1. The van der Waals surface area contributed by atoms with Crippen molar-refractivity contribution in [1.29, 1.82) is 0 Å². The predicted molar refractivity (Wildman–Crippen MR) is 119 cm³/mol. The van der Waals surface area contributed by atoms with Crippen molar-refractivity contribution in [2.45, 2.75) is 13.5 Å². The van der Waals surface area contributed by atoms with E-state index in [1.807, 2.05) is 37.3 Å². The summed E-state index contributed by atoms with van der Waals surface area (Å²) in [5.41, 5.74) is 3.52. The van der Waals surface area contributed by atoms with E-state index < -0.39 is 0 Å². The van der Waals surface area contributed by atoms with Crippen LogP contribution in [0.4, 0.5) is 0 Å². The summed E-state index contributed by atoms with van der Waals surface area (Å²) in [5.74, 6) is 0.382. The molecule has 0 spiro atoms. The van der Waals surface area contributed by atoms with Crippen molar-refractivity contribution in [3.63, 3.8) is 0 Å². The quantitative estimate of drug-likeness (QED) is 0.559. The number of hydrogen-bond acceptors (Lipinski definition) is 4. The highest BCUT2D eigenvalue weighted by Gasteiger charge is 2.29. The Morgan fingerprint density at radius 1 is 1.20 bits per heavy atom. The molecule has 0 unspecified atom stereocenters. The van der Waals surface area contributed by atoms with Gasteiger partial charge in [0, 0.05) is 11.1 Å². The second-order valence-electron chi connectivity index (χ2n) is 7.26. The van der Waals surface area contributed by atoms with Crippen LogP contribution in [-0.4, -0.2) is 50.6 Å². The van der Waals surface area contributed by atoms with Crippen molar-refractivity contribution in [2.75, 3.05) is 40.0 Å². The minimum absolute atomic E-state index is 0.302. The van der Waals surface area contributed by atoms with E-state index in [9.17, 15) is 4.79 Å². The summed E-state index contributed by atoms with van der Waals surface area (Å²) in [4.78, 5) is 14.5. The normalized spacial score (nSPS) is 14.8. The van der Waals surface area contributed by atoms with Gasteiger partial charge in [-0.2, -0.15) is 0 Å². The number of carbonyl (C=O) groups excluding carboxylic acids is 1. The van der Waals surface area contributed by atoms with E-state index in [0.29, 0.717) is 24.5 Å². The number of ether oxygens (including phenoxy) is 3. The molecule has 0 atom stereocenters. The minimum atomic E-state index is -0.302. The molecule has 4 rings (SSSR count). The van der Waals surface area contributed by atoms with Crippen LogP contribution in [0.25, 0.3) is 16.6 Å². The minimum Gasteiger partial charge on any atom is -0.496 e. The molecule has 1 fully saturated rings. The molecule has 6 nitrogen and oxygen atoms in total. The number of morpholine rings is 1. The van der Waals surface area contributed by atoms with Crippen LogP contribution in [0.3, 0.4) is 0 Å². The fraction of sp³-hybridized carbons (Fsp3) is 0.348. The highest BCUT2D eigenvalue weighted by atomic mass is 79.9. The number of nitrogens with one attached hydrogen (secondary N) is 1. The van der Waals surface area contributed by atoms with Crippen molar-refractivity contribution in [2.24, 2.45) is 0 Å². The third-order valence-corrected chi connectivity index (χ3v) is 6.07. The Labute approximate surface area is 184 Å². The van der Waals surface area contributed by atoms with Gasteiger partial charge < -0.3 is 23.7 Å². The number of benzene rings is 2. The van der Waals surface area contributed by atoms with Crippen LogP contribution in [0.15, 0.2) is 46.9 Å². The smallest absolute Gasteiger partial charge is 0.340 e. The van der Waals surface area contributed by atoms with Crippen LogP contribution in [0.1, 0.15) is 23.0 Å². The van der Waals surface area contributed by atoms with Gasteiger partial charge in [-0.15, -0.1) is 0 Å². The van der Waals surface area contributed by atoms with E-state index in [1.54, 1.807) is 7.11 Å². The average molecular weight is 474 g/mol. The van der Waals surface area contributed by atoms with Crippen molar-refractivity contribution in [3.05, 3.63) is 58.2 Å². The fourth-order valence-corrected chi connectivity index (χ4v) is 4.53. The van der Waals surface area contributed by atoms with Gasteiger partial charge in [-0.3, -0.25) is 0 Å². The van der Waals surface area contributed by atoms with Gasteiger partial charge in [-0.05, 0) is 47.1 Å². The van der Waals surface area contributed by atoms with Gasteiger partial charge in [-0.1, -0.05) is 18.2 Å². The summed E-state index contributed by atoms with van der Waals surface area (Å²) in [5, 5.41) is 0.833. The largest absolute Gasteiger partial charge is 0.496 e. The van der Waals surface area contributed by atoms with Gasteiger partial charge in [-0.25, -0.2) is 4.79 Å². The van der Waals surface area contributed by atoms with E-state index in [-0.39, 0.29) is 5.97 Å². The lowest BCUT2D eigenvalue weighted by molar-refractivity contribution is -0.921. The monoisotopic (exact) mass is 473 g/mol. The van der Waals surface area contributed by atoms with Crippen LogP contribution < -0.4 is 9.64 Å². The third-order valence-electron chi connectivity index (χ3n) is 5.45. The Balaban J connectivity index is 2.00. The number of para-hydroxylation sites is 1. The first kappa shape index (κ1) is 20.9. The zero-order valence-electron chi connectivity index (χ0n) is 17.2. The fourth-order valence-electron chi connectivity index (χ4n) is 4.04. The highest BCUT2D eigenvalue weighted by Crippen LogP contribution is 2.37. The van der Waals surface area contributed by atoms with E-state index in [4.69, 9.17) is 14.2 Å². The number of nitrogens with zero attached hydrogens (tertiary/aromatic N) is 1. The molecule has 1 aliphatic heterocycles. The van der Waals surface area contributed by atoms with Gasteiger partial charge in [0.1, 0.15) is 25.4 Å². The topological polar surface area (TPSA) is 54.1 Å². The lowest BCUT2D eigenvalue weighted by atomic mass is 10.1. The number of halogens is 1. The van der Waals surface area contributed by atoms with Gasteiger partial charge in [0.2, 0.25) is 0 Å². The maximum absolute atomic E-state index is 13.1. The molecule has 30 heavy (non-hydrogen) atoms. The first-order valence-corrected chi connectivity index (χ1v) is 11.0. The summed E-state index contributed by atoms with van der Waals surface area (Å²) in [6.45, 7) is 6.15. The number of methoxy groups -OCH3 is 1. The molecule has 2 heterocycles. The second kappa shape index (κ2) is 9.20. The molecule has 0 radical (unpaired) electrons. The molecule has 1 aliphatic rings. The van der Waals surface area contributed by atoms with Crippen molar-refractivity contribution < 1.29 is 23.9 Å². The van der Waals surface area contributed by atoms with E-state index >= 15 is 0 Å². The molecule has 1 aromatic heterocycles. The Bertz CT molecular complexity index is 1040. The Kier molecular flexibility index (Phi) is 6.41. The lowest BCUT2D eigenvalue weighted by Gasteiger charge is -2.25. The van der Waals surface area contributed by atoms with Crippen LogP contribution in [0.2, 0.25) is 0 Å². The first-order valence-electron chi connectivity index (χ1n) is 10.2. The Morgan fingerprint density at radius 3 is 2.60 bits per heavy atom. The summed E-state index contributed by atoms with van der Waals surface area (Å²) in [7, 11) is 1.63. The Morgan fingerprint density at radius 2 is 1.93 bits per heavy atom. The van der Waals surface area contributed by atoms with Gasteiger partial charge >= 0.3 is 5.97 Å². The lowest BCUT2D eigenvalue weighted by Crippen LogP contribution is -3.12. The second-order valence-corrected chi connectivity index (χ2v) is 8.11. The SMILES string of the molecule is CCOC(=O)c1c(C[NH+]2CCOCC2)n(-c2ccccc2)c2cc(Br)c(OC)cc12. The zero-order valence-corrected chi connectivity index (χ0v) is 18.8. The van der Waals surface area contributed by atoms with Crippen LogP contribution in [0, 0.1) is 0 Å². The number of esters is 1. The molecule has 0 bridgehead atoms. The van der Waals surface area contributed by atoms with E-state index in [2.05, 4.69) is 32.6 Å². The molecule has 1 N–H and O–H groups in total. The molecule has 0 saturated carbocycles. The summed E-state index contributed by atoms with van der Waals surface area (Å²) in [6, 6.07) is 14.1. The Hall–Kier alpha value is -2.35. The van der Waals surface area contributed by atoms with Gasteiger partial charge in [0.05, 0.1) is 48.2 Å². The molecule has 3 aromatic rings. The maximum atomic E-state index is 13.1. The number of carbonyl (C=O) groups is 1. The first-order chi connectivity index (χ1) is 14.6. The molecule has 7 heteroatoms. The summed E-state index contributed by atoms with van der Waals surface area (Å²) in [6.07, 6.45) is 0. The standard InChI is InChI=1S/C23H25BrN2O4/c1-3-30-23(27)22-17-13-21(28-2)18(24)14-19(17)26(16-7-5-4-6-8-16)20(22)15-25-9-11-29-12-10-25/h4-8,13-14H,3,9-12,15H2,1-2H3/p+1. The van der Waals surface area contributed by atoms with E-state index in [0.717, 1.165) is 53.1 Å². The maximum Gasteiger partial charge on any atom is 0.340 e. The van der Waals surface area contributed by atoms with Gasteiger partial charge in [0.15, 0.2) is 0 Å². The summed E-state index contributed by atoms with van der Waals surface area (Å²) < 4.78 is 19.5. The van der Waals surface area contributed by atoms with Crippen molar-refractivity contribution >= 4 is 32.8 Å². The number of fused-ring (bicyclic) bond motifs is 1. The highest BCUT2D eigenvalue weighted by molar-refractivity contribution is 9.10. The molecule has 2 aromatic carbocycles. The molecular formula is C23H26BrN2O4+. The zero-order chi connectivity index (χ0) is 21.1. The third kappa shape index (κ3) is 3.97. The number of aromatic nitrogens is 1. The van der Waals surface area contributed by atoms with Crippen molar-refractivity contribution in [1.82, 2.24) is 4.57 Å². The molecule has 0 aliphatic carbocycles. The predicted octanol–water partition coefficient (Wildman–Crippen LogP) is 2.99.